The smallest absolute Gasteiger partial charge is 0.271 e. The van der Waals surface area contributed by atoms with Crippen LogP contribution in [0.2, 0.25) is 0 Å². The number of rotatable bonds is 4. The van der Waals surface area contributed by atoms with E-state index < -0.39 is 5.60 Å². The van der Waals surface area contributed by atoms with Gasteiger partial charge in [-0.3, -0.25) is 4.79 Å². The van der Waals surface area contributed by atoms with Crippen LogP contribution in [0.1, 0.15) is 18.4 Å². The van der Waals surface area contributed by atoms with Gasteiger partial charge in [0.1, 0.15) is 17.2 Å². The average molecular weight is 324 g/mol. The van der Waals surface area contributed by atoms with Crippen molar-refractivity contribution in [3.8, 4) is 11.5 Å². The Morgan fingerprint density at radius 1 is 1.21 bits per heavy atom. The average Bonchev–Trinajstić information content (AvgIpc) is 3.40. The quantitative estimate of drug-likeness (QED) is 0.807. The fraction of sp³-hybridized carbons (Fsp3) is 0.278. The van der Waals surface area contributed by atoms with Gasteiger partial charge in [0.05, 0.1) is 19.3 Å². The van der Waals surface area contributed by atoms with Crippen molar-refractivity contribution in [2.45, 2.75) is 25.0 Å². The fourth-order valence-electron chi connectivity index (χ4n) is 2.97. The number of anilines is 1. The van der Waals surface area contributed by atoms with Crippen molar-refractivity contribution in [3.63, 3.8) is 0 Å². The molecule has 1 spiro atoms. The molecule has 0 atom stereocenters. The minimum Gasteiger partial charge on any atom is -0.497 e. The molecule has 24 heavy (non-hydrogen) atoms. The first-order valence-corrected chi connectivity index (χ1v) is 7.76. The molecule has 1 aliphatic heterocycles. The first-order chi connectivity index (χ1) is 11.6. The summed E-state index contributed by atoms with van der Waals surface area (Å²) < 4.78 is 11.1. The summed E-state index contributed by atoms with van der Waals surface area (Å²) in [6, 6.07) is 12.5. The van der Waals surface area contributed by atoms with Crippen LogP contribution in [0.25, 0.3) is 0 Å². The lowest BCUT2D eigenvalue weighted by atomic mass is 10.1. The van der Waals surface area contributed by atoms with Gasteiger partial charge in [0.25, 0.3) is 5.91 Å². The second-order valence-corrected chi connectivity index (χ2v) is 6.08. The van der Waals surface area contributed by atoms with E-state index in [0.29, 0.717) is 18.0 Å². The maximum Gasteiger partial charge on any atom is 0.271 e. The largest absolute Gasteiger partial charge is 0.497 e. The van der Waals surface area contributed by atoms with Crippen molar-refractivity contribution in [3.05, 3.63) is 52.9 Å². The van der Waals surface area contributed by atoms with Crippen LogP contribution in [0.4, 0.5) is 11.4 Å². The van der Waals surface area contributed by atoms with Gasteiger partial charge in [-0.2, -0.15) is 0 Å². The number of nitrogens with zero attached hydrogens (tertiary/aromatic N) is 2. The van der Waals surface area contributed by atoms with Gasteiger partial charge in [-0.1, -0.05) is 12.1 Å². The van der Waals surface area contributed by atoms with E-state index in [1.807, 2.05) is 24.3 Å². The molecular formula is C18H16N2O4. The number of nitroso groups, excluding NO2 is 1. The third-order valence-corrected chi connectivity index (χ3v) is 4.48. The molecule has 0 aromatic heterocycles. The highest BCUT2D eigenvalue weighted by Crippen LogP contribution is 2.50. The van der Waals surface area contributed by atoms with Crippen LogP contribution in [0, 0.1) is 4.91 Å². The summed E-state index contributed by atoms with van der Waals surface area (Å²) in [5.41, 5.74) is 1.11. The molecule has 4 rings (SSSR count). The first kappa shape index (κ1) is 14.7. The van der Waals surface area contributed by atoms with E-state index >= 15 is 0 Å². The Labute approximate surface area is 139 Å². The van der Waals surface area contributed by atoms with E-state index in [-0.39, 0.29) is 11.6 Å². The zero-order valence-electron chi connectivity index (χ0n) is 13.2. The Balaban J connectivity index is 1.72. The van der Waals surface area contributed by atoms with Crippen molar-refractivity contribution in [2.75, 3.05) is 12.0 Å². The van der Waals surface area contributed by atoms with Gasteiger partial charge in [-0.15, -0.1) is 4.91 Å². The molecule has 6 heteroatoms. The molecule has 0 bridgehead atoms. The van der Waals surface area contributed by atoms with Gasteiger partial charge in [0.15, 0.2) is 5.60 Å². The predicted molar refractivity (Wildman–Crippen MR) is 88.7 cm³/mol. The summed E-state index contributed by atoms with van der Waals surface area (Å²) in [5.74, 6) is 1.32. The number of carbonyl (C=O) groups is 1. The summed E-state index contributed by atoms with van der Waals surface area (Å²) in [7, 11) is 1.61. The van der Waals surface area contributed by atoms with Crippen molar-refractivity contribution in [1.29, 1.82) is 0 Å². The van der Waals surface area contributed by atoms with Crippen molar-refractivity contribution in [2.24, 2.45) is 5.18 Å². The molecule has 2 aliphatic rings. The Morgan fingerprint density at radius 2 is 1.96 bits per heavy atom. The molecule has 1 fully saturated rings. The molecule has 1 saturated carbocycles. The monoisotopic (exact) mass is 324 g/mol. The number of benzene rings is 2. The Kier molecular flexibility index (Phi) is 3.26. The first-order valence-electron chi connectivity index (χ1n) is 7.76. The summed E-state index contributed by atoms with van der Waals surface area (Å²) in [6.45, 7) is 0.406. The molecule has 2 aromatic carbocycles. The van der Waals surface area contributed by atoms with E-state index in [2.05, 4.69) is 5.18 Å². The number of fused-ring (bicyclic) bond motifs is 1. The number of carbonyl (C=O) groups excluding carboxylic acids is 1. The lowest BCUT2D eigenvalue weighted by Crippen LogP contribution is -2.47. The van der Waals surface area contributed by atoms with Gasteiger partial charge >= 0.3 is 0 Å². The molecule has 0 unspecified atom stereocenters. The van der Waals surface area contributed by atoms with E-state index in [1.54, 1.807) is 30.2 Å². The van der Waals surface area contributed by atoms with Crippen molar-refractivity contribution in [1.82, 2.24) is 0 Å². The summed E-state index contributed by atoms with van der Waals surface area (Å²) in [4.78, 5) is 25.4. The second-order valence-electron chi connectivity index (χ2n) is 6.08. The van der Waals surface area contributed by atoms with Gasteiger partial charge in [-0.05, 0) is 41.1 Å². The van der Waals surface area contributed by atoms with Crippen molar-refractivity contribution < 1.29 is 14.3 Å². The number of hydrogen-bond acceptors (Lipinski definition) is 5. The zero-order valence-corrected chi connectivity index (χ0v) is 13.2. The Bertz CT molecular complexity index is 812. The third-order valence-electron chi connectivity index (χ3n) is 4.48. The van der Waals surface area contributed by atoms with Crippen LogP contribution in [0.3, 0.4) is 0 Å². The van der Waals surface area contributed by atoms with Gasteiger partial charge in [0.2, 0.25) is 0 Å². The summed E-state index contributed by atoms with van der Waals surface area (Å²) >= 11 is 0. The molecule has 0 saturated heterocycles. The van der Waals surface area contributed by atoms with Gasteiger partial charge < -0.3 is 14.4 Å². The van der Waals surface area contributed by atoms with E-state index in [4.69, 9.17) is 9.47 Å². The van der Waals surface area contributed by atoms with E-state index in [1.165, 1.54) is 0 Å². The predicted octanol–water partition coefficient (Wildman–Crippen LogP) is 3.55. The highest BCUT2D eigenvalue weighted by Gasteiger charge is 2.57. The number of ether oxygens (including phenoxy) is 2. The standard InChI is InChI=1S/C18H16N2O4/c1-23-14-5-2-12(3-6-14)11-20-15-10-13(19-22)4-7-16(15)24-18(8-9-18)17(20)21/h2-7,10H,8-9,11H2,1H3. The molecule has 2 aromatic rings. The second kappa shape index (κ2) is 5.33. The van der Waals surface area contributed by atoms with Crippen LogP contribution in [-0.4, -0.2) is 18.6 Å². The minimum atomic E-state index is -0.727. The molecule has 122 valence electrons. The van der Waals surface area contributed by atoms with Crippen LogP contribution in [-0.2, 0) is 11.3 Å². The Hall–Kier alpha value is -2.89. The van der Waals surface area contributed by atoms with E-state index in [9.17, 15) is 9.70 Å². The zero-order chi connectivity index (χ0) is 16.7. The summed E-state index contributed by atoms with van der Waals surface area (Å²) in [5, 5.41) is 2.96. The van der Waals surface area contributed by atoms with Gasteiger partial charge in [-0.25, -0.2) is 0 Å². The molecule has 1 amide bonds. The van der Waals surface area contributed by atoms with E-state index in [0.717, 1.165) is 24.2 Å². The SMILES string of the molecule is COc1ccc(CN2C(=O)C3(CC3)Oc3ccc(N=O)cc32)cc1. The molecule has 0 radical (unpaired) electrons. The van der Waals surface area contributed by atoms with Crippen LogP contribution in [0.15, 0.2) is 47.6 Å². The number of amides is 1. The molecular weight excluding hydrogens is 308 g/mol. The lowest BCUT2D eigenvalue weighted by molar-refractivity contribution is -0.128. The third kappa shape index (κ3) is 2.31. The van der Waals surface area contributed by atoms with Crippen LogP contribution < -0.4 is 14.4 Å². The van der Waals surface area contributed by atoms with Crippen LogP contribution in [0.5, 0.6) is 11.5 Å². The van der Waals surface area contributed by atoms with Gasteiger partial charge in [0, 0.05) is 12.8 Å². The highest BCUT2D eigenvalue weighted by molar-refractivity contribution is 6.05. The molecule has 6 nitrogen and oxygen atoms in total. The maximum absolute atomic E-state index is 12.9. The normalized spacial score (nSPS) is 17.2. The summed E-state index contributed by atoms with van der Waals surface area (Å²) in [6.07, 6.45) is 1.44. The molecule has 1 heterocycles. The number of hydrogen-bond donors (Lipinski definition) is 0. The minimum absolute atomic E-state index is 0.0612. The number of methoxy groups -OCH3 is 1. The lowest BCUT2D eigenvalue weighted by Gasteiger charge is -2.34. The highest BCUT2D eigenvalue weighted by atomic mass is 16.5. The molecule has 0 N–H and O–H groups in total. The Morgan fingerprint density at radius 3 is 2.58 bits per heavy atom. The molecule has 1 aliphatic carbocycles. The van der Waals surface area contributed by atoms with Crippen molar-refractivity contribution >= 4 is 17.3 Å². The van der Waals surface area contributed by atoms with Crippen LogP contribution >= 0.6 is 0 Å². The maximum atomic E-state index is 12.9. The topological polar surface area (TPSA) is 68.2 Å². The fourth-order valence-corrected chi connectivity index (χ4v) is 2.97.